The molecule has 1 N–H and O–H groups in total. The van der Waals surface area contributed by atoms with Crippen LogP contribution < -0.4 is 0 Å². The molecule has 2 nitrogen and oxygen atoms in total. The minimum Gasteiger partial charge on any atom is -0.391 e. The minimum atomic E-state index is -0.255. The quantitative estimate of drug-likeness (QED) is 0.906. The molecule has 1 aromatic rings. The van der Waals surface area contributed by atoms with Gasteiger partial charge in [0, 0.05) is 12.0 Å². The van der Waals surface area contributed by atoms with E-state index in [4.69, 9.17) is 0 Å². The van der Waals surface area contributed by atoms with E-state index in [1.807, 2.05) is 0 Å². The fourth-order valence-corrected chi connectivity index (χ4v) is 3.84. The summed E-state index contributed by atoms with van der Waals surface area (Å²) in [5.41, 5.74) is 1.25. The van der Waals surface area contributed by atoms with Gasteiger partial charge in [0.1, 0.15) is 0 Å². The third kappa shape index (κ3) is 2.79. The fourth-order valence-electron chi connectivity index (χ4n) is 3.16. The standard InChI is InChI=1S/C15H25NOS/c1-12-4-7-15(8-5-12,16(2)3)14(17)10-13-6-9-18-11-13/h6,9,11-12,14,17H,4-5,7-8,10H2,1-3H3. The lowest BCUT2D eigenvalue weighted by Crippen LogP contribution is -2.56. The van der Waals surface area contributed by atoms with Gasteiger partial charge >= 0.3 is 0 Å². The van der Waals surface area contributed by atoms with E-state index in [9.17, 15) is 5.11 Å². The maximum Gasteiger partial charge on any atom is 0.0764 e. The highest BCUT2D eigenvalue weighted by Gasteiger charge is 2.42. The molecule has 1 fully saturated rings. The molecular formula is C15H25NOS. The first-order valence-electron chi connectivity index (χ1n) is 6.91. The predicted molar refractivity (Wildman–Crippen MR) is 78.1 cm³/mol. The Balaban J connectivity index is 2.09. The fraction of sp³-hybridized carbons (Fsp3) is 0.733. The van der Waals surface area contributed by atoms with E-state index in [0.29, 0.717) is 0 Å². The van der Waals surface area contributed by atoms with Gasteiger partial charge in [-0.05, 0) is 68.1 Å². The molecule has 1 heterocycles. The molecule has 0 aliphatic heterocycles. The Morgan fingerprint density at radius 3 is 2.61 bits per heavy atom. The summed E-state index contributed by atoms with van der Waals surface area (Å²) in [4.78, 5) is 2.26. The number of likely N-dealkylation sites (N-methyl/N-ethyl adjacent to an activating group) is 1. The van der Waals surface area contributed by atoms with Gasteiger partial charge < -0.3 is 10.0 Å². The van der Waals surface area contributed by atoms with Crippen molar-refractivity contribution in [1.29, 1.82) is 0 Å². The first-order valence-corrected chi connectivity index (χ1v) is 7.85. The predicted octanol–water partition coefficient (Wildman–Crippen LogP) is 3.16. The summed E-state index contributed by atoms with van der Waals surface area (Å²) in [6.07, 6.45) is 5.24. The van der Waals surface area contributed by atoms with Gasteiger partial charge in [-0.2, -0.15) is 11.3 Å². The SMILES string of the molecule is CC1CCC(C(O)Cc2ccsc2)(N(C)C)CC1. The highest BCUT2D eigenvalue weighted by Crippen LogP contribution is 2.38. The van der Waals surface area contributed by atoms with Crippen LogP contribution in [0.1, 0.15) is 38.2 Å². The van der Waals surface area contributed by atoms with Crippen molar-refractivity contribution in [2.75, 3.05) is 14.1 Å². The van der Waals surface area contributed by atoms with E-state index in [-0.39, 0.29) is 11.6 Å². The zero-order valence-corrected chi connectivity index (χ0v) is 12.5. The smallest absolute Gasteiger partial charge is 0.0764 e. The summed E-state index contributed by atoms with van der Waals surface area (Å²) in [6, 6.07) is 2.13. The first-order chi connectivity index (χ1) is 8.54. The number of rotatable bonds is 4. The van der Waals surface area contributed by atoms with E-state index in [1.54, 1.807) is 11.3 Å². The van der Waals surface area contributed by atoms with Crippen molar-refractivity contribution in [2.24, 2.45) is 5.92 Å². The zero-order valence-electron chi connectivity index (χ0n) is 11.7. The molecule has 1 unspecified atom stereocenters. The van der Waals surface area contributed by atoms with Crippen LogP contribution in [0.4, 0.5) is 0 Å². The average Bonchev–Trinajstić information content (AvgIpc) is 2.82. The minimum absolute atomic E-state index is 0.0194. The van der Waals surface area contributed by atoms with Crippen molar-refractivity contribution in [3.63, 3.8) is 0 Å². The summed E-state index contributed by atoms with van der Waals surface area (Å²) < 4.78 is 0. The van der Waals surface area contributed by atoms with Gasteiger partial charge in [0.05, 0.1) is 6.10 Å². The number of thiophene rings is 1. The van der Waals surface area contributed by atoms with Gasteiger partial charge in [-0.3, -0.25) is 0 Å². The van der Waals surface area contributed by atoms with E-state index < -0.39 is 0 Å². The lowest BCUT2D eigenvalue weighted by Gasteiger charge is -2.47. The van der Waals surface area contributed by atoms with Crippen LogP contribution in [0.25, 0.3) is 0 Å². The van der Waals surface area contributed by atoms with Crippen molar-refractivity contribution >= 4 is 11.3 Å². The maximum atomic E-state index is 10.7. The summed E-state index contributed by atoms with van der Waals surface area (Å²) in [5.74, 6) is 0.812. The third-order valence-corrected chi connectivity index (χ3v) is 5.39. The van der Waals surface area contributed by atoms with Gasteiger partial charge in [-0.25, -0.2) is 0 Å². The van der Waals surface area contributed by atoms with Crippen molar-refractivity contribution in [1.82, 2.24) is 4.90 Å². The highest BCUT2D eigenvalue weighted by molar-refractivity contribution is 7.07. The van der Waals surface area contributed by atoms with Crippen molar-refractivity contribution in [2.45, 2.75) is 50.7 Å². The second kappa shape index (κ2) is 5.72. The van der Waals surface area contributed by atoms with Crippen LogP contribution in [0, 0.1) is 5.92 Å². The maximum absolute atomic E-state index is 10.7. The molecule has 18 heavy (non-hydrogen) atoms. The van der Waals surface area contributed by atoms with Crippen molar-refractivity contribution in [3.8, 4) is 0 Å². The Morgan fingerprint density at radius 2 is 2.11 bits per heavy atom. The van der Waals surface area contributed by atoms with E-state index >= 15 is 0 Å². The number of aliphatic hydroxyl groups excluding tert-OH is 1. The Bertz CT molecular complexity index is 353. The third-order valence-electron chi connectivity index (χ3n) is 4.66. The normalized spacial score (nSPS) is 30.6. The molecule has 1 saturated carbocycles. The lowest BCUT2D eigenvalue weighted by molar-refractivity contribution is -0.0381. The molecule has 102 valence electrons. The van der Waals surface area contributed by atoms with Crippen LogP contribution >= 0.6 is 11.3 Å². The van der Waals surface area contributed by atoms with Crippen molar-refractivity contribution in [3.05, 3.63) is 22.4 Å². The molecule has 0 saturated heterocycles. The van der Waals surface area contributed by atoms with Gasteiger partial charge in [0.15, 0.2) is 0 Å². The van der Waals surface area contributed by atoms with E-state index in [2.05, 4.69) is 42.7 Å². The van der Waals surface area contributed by atoms with Crippen LogP contribution in [0.3, 0.4) is 0 Å². The average molecular weight is 267 g/mol. The molecule has 1 aliphatic carbocycles. The Kier molecular flexibility index (Phi) is 4.46. The molecule has 0 spiro atoms. The number of aliphatic hydroxyl groups is 1. The molecule has 0 aromatic carbocycles. The topological polar surface area (TPSA) is 23.5 Å². The van der Waals surface area contributed by atoms with Gasteiger partial charge in [-0.15, -0.1) is 0 Å². The Hall–Kier alpha value is -0.380. The monoisotopic (exact) mass is 267 g/mol. The van der Waals surface area contributed by atoms with Crippen LogP contribution in [-0.4, -0.2) is 35.7 Å². The molecule has 1 atom stereocenters. The van der Waals surface area contributed by atoms with E-state index in [0.717, 1.165) is 25.2 Å². The summed E-state index contributed by atoms with van der Waals surface area (Å²) in [5, 5.41) is 15.0. The molecule has 1 aliphatic rings. The van der Waals surface area contributed by atoms with Crippen LogP contribution in [0.5, 0.6) is 0 Å². The Morgan fingerprint density at radius 1 is 1.44 bits per heavy atom. The molecule has 3 heteroatoms. The van der Waals surface area contributed by atoms with Gasteiger partial charge in [-0.1, -0.05) is 6.92 Å². The summed E-state index contributed by atoms with van der Waals surface area (Å²) in [6.45, 7) is 2.32. The van der Waals surface area contributed by atoms with Crippen molar-refractivity contribution < 1.29 is 5.11 Å². The van der Waals surface area contributed by atoms with Gasteiger partial charge in [0.2, 0.25) is 0 Å². The molecule has 0 amide bonds. The number of hydrogen-bond donors (Lipinski definition) is 1. The van der Waals surface area contributed by atoms with Crippen LogP contribution in [0.2, 0.25) is 0 Å². The molecular weight excluding hydrogens is 242 g/mol. The lowest BCUT2D eigenvalue weighted by atomic mass is 9.72. The number of nitrogens with zero attached hydrogens (tertiary/aromatic N) is 1. The second-order valence-corrected chi connectivity index (χ2v) is 6.81. The summed E-state index contributed by atoms with van der Waals surface area (Å²) >= 11 is 1.71. The molecule has 0 radical (unpaired) electrons. The first kappa shape index (κ1) is 14.0. The Labute approximate surface area is 115 Å². The zero-order chi connectivity index (χ0) is 13.2. The van der Waals surface area contributed by atoms with Crippen LogP contribution in [0.15, 0.2) is 16.8 Å². The largest absolute Gasteiger partial charge is 0.391 e. The molecule has 2 rings (SSSR count). The van der Waals surface area contributed by atoms with Crippen LogP contribution in [-0.2, 0) is 6.42 Å². The van der Waals surface area contributed by atoms with Gasteiger partial charge in [0.25, 0.3) is 0 Å². The highest BCUT2D eigenvalue weighted by atomic mass is 32.1. The number of hydrogen-bond acceptors (Lipinski definition) is 3. The molecule has 0 bridgehead atoms. The second-order valence-electron chi connectivity index (χ2n) is 6.03. The van der Waals surface area contributed by atoms with E-state index in [1.165, 1.54) is 18.4 Å². The summed E-state index contributed by atoms with van der Waals surface area (Å²) in [7, 11) is 4.24. The molecule has 1 aromatic heterocycles.